The lowest BCUT2D eigenvalue weighted by Crippen LogP contribution is -2.21. The fraction of sp³-hybridized carbons (Fsp3) is 0.0833. The van der Waals surface area contributed by atoms with Gasteiger partial charge < -0.3 is 10.7 Å². The summed E-state index contributed by atoms with van der Waals surface area (Å²) in [5.41, 5.74) is 10.6. The van der Waals surface area contributed by atoms with Gasteiger partial charge in [-0.15, -0.1) is 0 Å². The van der Waals surface area contributed by atoms with E-state index in [4.69, 9.17) is 17.3 Å². The van der Waals surface area contributed by atoms with Crippen molar-refractivity contribution in [1.82, 2.24) is 9.97 Å². The van der Waals surface area contributed by atoms with Crippen LogP contribution in [0.25, 0.3) is 0 Å². The molecule has 0 spiro atoms. The van der Waals surface area contributed by atoms with Gasteiger partial charge in [-0.25, -0.2) is 4.98 Å². The van der Waals surface area contributed by atoms with Gasteiger partial charge in [-0.05, 0) is 40.5 Å². The molecule has 2 atom stereocenters. The summed E-state index contributed by atoms with van der Waals surface area (Å²) in [6.45, 7) is 0. The van der Waals surface area contributed by atoms with Crippen molar-refractivity contribution in [2.75, 3.05) is 0 Å². The van der Waals surface area contributed by atoms with Gasteiger partial charge in [-0.3, -0.25) is 4.79 Å². The fourth-order valence-electron chi connectivity index (χ4n) is 3.56. The first-order valence-corrected chi connectivity index (χ1v) is 9.71. The van der Waals surface area contributed by atoms with Crippen molar-refractivity contribution in [2.24, 2.45) is 5.73 Å². The molecular formula is C24H20ClN3O. The summed E-state index contributed by atoms with van der Waals surface area (Å²) in [6.07, 6.45) is 3.34. The van der Waals surface area contributed by atoms with Gasteiger partial charge in [0.2, 0.25) is 0 Å². The molecule has 2 aromatic carbocycles. The van der Waals surface area contributed by atoms with Crippen LogP contribution in [0.2, 0.25) is 5.15 Å². The topological polar surface area (TPSA) is 71.8 Å². The van der Waals surface area contributed by atoms with E-state index >= 15 is 0 Å². The summed E-state index contributed by atoms with van der Waals surface area (Å²) >= 11 is 6.15. The minimum Gasteiger partial charge on any atom is -0.329 e. The molecule has 3 N–H and O–H groups in total. The van der Waals surface area contributed by atoms with Crippen molar-refractivity contribution in [3.8, 4) is 0 Å². The predicted octanol–water partition coefficient (Wildman–Crippen LogP) is 4.65. The summed E-state index contributed by atoms with van der Waals surface area (Å²) in [6, 6.07) is 24.9. The van der Waals surface area contributed by atoms with Crippen molar-refractivity contribution < 1.29 is 0 Å². The van der Waals surface area contributed by atoms with Crippen LogP contribution < -0.4 is 11.3 Å². The summed E-state index contributed by atoms with van der Waals surface area (Å²) in [4.78, 5) is 19.8. The summed E-state index contributed by atoms with van der Waals surface area (Å²) in [5.74, 6) is -0.289. The molecule has 2 unspecified atom stereocenters. The zero-order chi connectivity index (χ0) is 20.2. The molecule has 2 heterocycles. The number of nitrogens with two attached hydrogens (primary N) is 1. The summed E-state index contributed by atoms with van der Waals surface area (Å²) in [7, 11) is 0. The standard InChI is InChI=1S/C24H20ClN3O/c25-21-14-18(11-12-27-21)22(16-7-3-1-4-8-16)20-13-19(15-28-24(20)29)23(26)17-9-5-2-6-10-17/h1-15,22-23H,26H2,(H,28,29). The molecule has 0 amide bonds. The first-order chi connectivity index (χ1) is 14.1. The summed E-state index contributed by atoms with van der Waals surface area (Å²) < 4.78 is 0. The Kier molecular flexibility index (Phi) is 5.56. The first-order valence-electron chi connectivity index (χ1n) is 9.33. The van der Waals surface area contributed by atoms with Gasteiger partial charge in [0.15, 0.2) is 0 Å². The molecule has 4 rings (SSSR count). The van der Waals surface area contributed by atoms with Crippen molar-refractivity contribution in [1.29, 1.82) is 0 Å². The van der Waals surface area contributed by atoms with Gasteiger partial charge in [0.1, 0.15) is 5.15 Å². The Morgan fingerprint density at radius 3 is 2.14 bits per heavy atom. The van der Waals surface area contributed by atoms with Crippen LogP contribution in [-0.4, -0.2) is 9.97 Å². The van der Waals surface area contributed by atoms with E-state index in [2.05, 4.69) is 9.97 Å². The molecule has 0 aliphatic rings. The van der Waals surface area contributed by atoms with Crippen molar-refractivity contribution in [3.05, 3.63) is 135 Å². The van der Waals surface area contributed by atoms with Crippen LogP contribution in [0.3, 0.4) is 0 Å². The van der Waals surface area contributed by atoms with Crippen LogP contribution in [0.5, 0.6) is 0 Å². The van der Waals surface area contributed by atoms with Gasteiger partial charge in [-0.1, -0.05) is 72.3 Å². The van der Waals surface area contributed by atoms with Crippen molar-refractivity contribution in [3.63, 3.8) is 0 Å². The number of aromatic nitrogens is 2. The molecule has 0 bridgehead atoms. The molecule has 0 saturated carbocycles. The van der Waals surface area contributed by atoms with Crippen LogP contribution >= 0.6 is 11.6 Å². The molecule has 29 heavy (non-hydrogen) atoms. The third kappa shape index (κ3) is 4.14. The second-order valence-electron chi connectivity index (χ2n) is 6.86. The van der Waals surface area contributed by atoms with E-state index in [0.717, 1.165) is 22.3 Å². The lowest BCUT2D eigenvalue weighted by molar-refractivity contribution is 0.843. The van der Waals surface area contributed by atoms with Gasteiger partial charge in [0, 0.05) is 23.9 Å². The lowest BCUT2D eigenvalue weighted by Gasteiger charge is -2.20. The fourth-order valence-corrected chi connectivity index (χ4v) is 3.74. The molecule has 2 aromatic heterocycles. The number of H-pyrrole nitrogens is 1. The van der Waals surface area contributed by atoms with Gasteiger partial charge >= 0.3 is 0 Å². The van der Waals surface area contributed by atoms with Crippen LogP contribution in [0.15, 0.2) is 96.1 Å². The van der Waals surface area contributed by atoms with Crippen LogP contribution in [0.1, 0.15) is 39.8 Å². The number of nitrogens with zero attached hydrogens (tertiary/aromatic N) is 1. The number of hydrogen-bond donors (Lipinski definition) is 2. The normalized spacial score (nSPS) is 13.0. The Morgan fingerprint density at radius 2 is 1.48 bits per heavy atom. The molecule has 4 nitrogen and oxygen atoms in total. The first kappa shape index (κ1) is 19.1. The smallest absolute Gasteiger partial charge is 0.252 e. The van der Waals surface area contributed by atoms with Crippen LogP contribution in [0, 0.1) is 0 Å². The molecule has 4 aromatic rings. The molecule has 0 saturated heterocycles. The maximum Gasteiger partial charge on any atom is 0.252 e. The van der Waals surface area contributed by atoms with Crippen LogP contribution in [-0.2, 0) is 0 Å². The molecule has 0 aliphatic heterocycles. The second kappa shape index (κ2) is 8.43. The molecular weight excluding hydrogens is 382 g/mol. The Balaban J connectivity index is 1.86. The number of rotatable bonds is 5. The Morgan fingerprint density at radius 1 is 0.828 bits per heavy atom. The van der Waals surface area contributed by atoms with E-state index in [1.165, 1.54) is 0 Å². The van der Waals surface area contributed by atoms with Gasteiger partial charge in [0.25, 0.3) is 5.56 Å². The van der Waals surface area contributed by atoms with Crippen molar-refractivity contribution in [2.45, 2.75) is 12.0 Å². The van der Waals surface area contributed by atoms with E-state index < -0.39 is 0 Å². The average Bonchev–Trinajstić information content (AvgIpc) is 2.76. The third-order valence-electron chi connectivity index (χ3n) is 5.00. The molecule has 144 valence electrons. The Bertz CT molecular complexity index is 1160. The molecule has 5 heteroatoms. The molecule has 0 aliphatic carbocycles. The molecule has 0 fully saturated rings. The minimum atomic E-state index is -0.343. The Labute approximate surface area is 174 Å². The highest BCUT2D eigenvalue weighted by Gasteiger charge is 2.22. The van der Waals surface area contributed by atoms with E-state index in [1.807, 2.05) is 72.8 Å². The highest BCUT2D eigenvalue weighted by Crippen LogP contribution is 2.32. The number of benzene rings is 2. The van der Waals surface area contributed by atoms with Gasteiger partial charge in [0.05, 0.1) is 6.04 Å². The minimum absolute atomic E-state index is 0.157. The average molecular weight is 402 g/mol. The van der Waals surface area contributed by atoms with Gasteiger partial charge in [-0.2, -0.15) is 0 Å². The number of pyridine rings is 2. The summed E-state index contributed by atoms with van der Waals surface area (Å²) in [5, 5.41) is 0.386. The zero-order valence-corrected chi connectivity index (χ0v) is 16.4. The maximum atomic E-state index is 12.9. The quantitative estimate of drug-likeness (QED) is 0.478. The van der Waals surface area contributed by atoms with Crippen LogP contribution in [0.4, 0.5) is 0 Å². The highest BCUT2D eigenvalue weighted by molar-refractivity contribution is 6.29. The van der Waals surface area contributed by atoms with E-state index in [-0.39, 0.29) is 17.5 Å². The highest BCUT2D eigenvalue weighted by atomic mass is 35.5. The predicted molar refractivity (Wildman–Crippen MR) is 116 cm³/mol. The second-order valence-corrected chi connectivity index (χ2v) is 7.25. The Hall–Kier alpha value is -3.21. The van der Waals surface area contributed by atoms with E-state index in [9.17, 15) is 4.79 Å². The maximum absolute atomic E-state index is 12.9. The van der Waals surface area contributed by atoms with Crippen molar-refractivity contribution >= 4 is 11.6 Å². The SMILES string of the molecule is NC(c1ccccc1)c1c[nH]c(=O)c(C(c2ccccc2)c2ccnc(Cl)c2)c1. The number of nitrogens with one attached hydrogen (secondary N) is 1. The monoisotopic (exact) mass is 401 g/mol. The number of aromatic amines is 1. The zero-order valence-electron chi connectivity index (χ0n) is 15.6. The number of halogens is 1. The lowest BCUT2D eigenvalue weighted by atomic mass is 9.85. The third-order valence-corrected chi connectivity index (χ3v) is 5.21. The number of hydrogen-bond acceptors (Lipinski definition) is 3. The van der Waals surface area contributed by atoms with E-state index in [1.54, 1.807) is 18.5 Å². The van der Waals surface area contributed by atoms with E-state index in [0.29, 0.717) is 10.7 Å². The largest absolute Gasteiger partial charge is 0.329 e. The molecule has 0 radical (unpaired) electrons.